The van der Waals surface area contributed by atoms with Gasteiger partial charge in [0.2, 0.25) is 0 Å². The lowest BCUT2D eigenvalue weighted by atomic mass is 9.63. The van der Waals surface area contributed by atoms with E-state index in [1.165, 1.54) is 0 Å². The third-order valence-electron chi connectivity index (χ3n) is 9.95. The number of hydrogen-bond donors (Lipinski definition) is 0. The Balaban J connectivity index is 1.74. The summed E-state index contributed by atoms with van der Waals surface area (Å²) in [5.41, 5.74) is 3.70. The van der Waals surface area contributed by atoms with E-state index in [0.29, 0.717) is 33.0 Å². The van der Waals surface area contributed by atoms with E-state index in [1.54, 1.807) is 0 Å². The van der Waals surface area contributed by atoms with Gasteiger partial charge in [-0.3, -0.25) is 0 Å². The van der Waals surface area contributed by atoms with Crippen LogP contribution in [0.5, 0.6) is 0 Å². The predicted molar refractivity (Wildman–Crippen MR) is 192 cm³/mol. The fourth-order valence-electron chi connectivity index (χ4n) is 7.53. The minimum absolute atomic E-state index is 0.116. The summed E-state index contributed by atoms with van der Waals surface area (Å²) in [6, 6.07) is 16.5. The second-order valence-electron chi connectivity index (χ2n) is 13.7. The van der Waals surface area contributed by atoms with Crippen LogP contribution in [0.3, 0.4) is 0 Å². The summed E-state index contributed by atoms with van der Waals surface area (Å²) in [6.45, 7) is 8.60. The highest BCUT2D eigenvalue weighted by molar-refractivity contribution is 6.36. The molecule has 0 aliphatic heterocycles. The minimum atomic E-state index is -0.470. The molecule has 2 nitrogen and oxygen atoms in total. The van der Waals surface area contributed by atoms with Crippen molar-refractivity contribution >= 4 is 54.4 Å². The first-order valence-electron chi connectivity index (χ1n) is 20.6. The third kappa shape index (κ3) is 3.75. The molecule has 6 aromatic carbocycles. The molecular formula is C43H38N2. The van der Waals surface area contributed by atoms with Gasteiger partial charge in [0, 0.05) is 39.3 Å². The SMILES string of the molecule is [2H]c1c([2H])c([2H])c2c(c1[2H])c1c3c([2H])c([2H])c([2H])c([2H])c3n(Cc3ccccc3)c1c1c2c2c([2H])c3c(c([2H])c2n1-c1ccccc1)C(C)(C)CCC3(C)C. The summed E-state index contributed by atoms with van der Waals surface area (Å²) in [6.07, 6.45) is 1.60. The van der Waals surface area contributed by atoms with Crippen molar-refractivity contribution in [2.75, 3.05) is 0 Å². The van der Waals surface area contributed by atoms with Crippen molar-refractivity contribution in [1.82, 2.24) is 9.13 Å². The molecule has 0 atom stereocenters. The standard InChI is InChI=1S/C43H38N2/c1-42(2)23-24-43(3,4)35-26-37-33(25-34(35)42)39-31-20-12-11-19-30(31)38-32-21-13-14-22-36(32)44(27-28-15-7-5-8-16-28)40(38)41(39)45(37)29-17-9-6-10-18-29/h5-22,25-26H,23-24,27H2,1-4H3/i11D,12D,13D,14D,19D,20D,21D,22D,25D,26D. The maximum Gasteiger partial charge on any atom is 0.0791 e. The molecule has 0 N–H and O–H groups in total. The molecule has 8 aromatic rings. The smallest absolute Gasteiger partial charge is 0.0791 e. The van der Waals surface area contributed by atoms with E-state index >= 15 is 0 Å². The Bertz CT molecular complexity index is 3000. The molecule has 9 rings (SSSR count). The zero-order valence-electron chi connectivity index (χ0n) is 35.8. The van der Waals surface area contributed by atoms with Gasteiger partial charge in [-0.1, -0.05) is 119 Å². The lowest BCUT2D eigenvalue weighted by Crippen LogP contribution is -2.33. The van der Waals surface area contributed by atoms with E-state index in [2.05, 4.69) is 27.7 Å². The van der Waals surface area contributed by atoms with Crippen molar-refractivity contribution in [2.45, 2.75) is 57.9 Å². The van der Waals surface area contributed by atoms with E-state index in [0.717, 1.165) is 29.5 Å². The largest absolute Gasteiger partial charge is 0.334 e. The molecule has 0 unspecified atom stereocenters. The highest BCUT2D eigenvalue weighted by Gasteiger charge is 2.38. The van der Waals surface area contributed by atoms with Gasteiger partial charge < -0.3 is 9.13 Å². The fraction of sp³-hybridized carbons (Fsp3) is 0.209. The Hall–Kier alpha value is -4.82. The number of fused-ring (bicyclic) bond motifs is 11. The van der Waals surface area contributed by atoms with Crippen LogP contribution in [-0.2, 0) is 17.4 Å². The molecular weight excluding hydrogens is 544 g/mol. The Morgan fingerprint density at radius 3 is 1.82 bits per heavy atom. The highest BCUT2D eigenvalue weighted by atomic mass is 15.0. The Kier molecular flexibility index (Phi) is 3.78. The Labute approximate surface area is 278 Å². The summed E-state index contributed by atoms with van der Waals surface area (Å²) >= 11 is 0. The third-order valence-corrected chi connectivity index (χ3v) is 9.95. The van der Waals surface area contributed by atoms with Gasteiger partial charge in [-0.15, -0.1) is 0 Å². The second kappa shape index (κ2) is 9.34. The van der Waals surface area contributed by atoms with Gasteiger partial charge in [-0.2, -0.15) is 0 Å². The lowest BCUT2D eigenvalue weighted by Gasteiger charge is -2.42. The Morgan fingerprint density at radius 1 is 0.600 bits per heavy atom. The van der Waals surface area contributed by atoms with Gasteiger partial charge in [0.15, 0.2) is 0 Å². The van der Waals surface area contributed by atoms with E-state index in [-0.39, 0.29) is 69.9 Å². The number of para-hydroxylation sites is 2. The number of rotatable bonds is 3. The number of aromatic nitrogens is 2. The average molecular weight is 593 g/mol. The molecule has 45 heavy (non-hydrogen) atoms. The zero-order valence-corrected chi connectivity index (χ0v) is 25.8. The van der Waals surface area contributed by atoms with Crippen molar-refractivity contribution in [1.29, 1.82) is 0 Å². The fourth-order valence-corrected chi connectivity index (χ4v) is 7.53. The first-order valence-corrected chi connectivity index (χ1v) is 15.6. The summed E-state index contributed by atoms with van der Waals surface area (Å²) in [7, 11) is 0. The van der Waals surface area contributed by atoms with Crippen LogP contribution in [0.15, 0.2) is 121 Å². The molecule has 1 aliphatic carbocycles. The molecule has 0 amide bonds. The summed E-state index contributed by atoms with van der Waals surface area (Å²) < 4.78 is 97.2. The summed E-state index contributed by atoms with van der Waals surface area (Å²) in [5.74, 6) is 0. The number of nitrogens with zero attached hydrogens (tertiary/aromatic N) is 2. The van der Waals surface area contributed by atoms with E-state index < -0.39 is 35.0 Å². The van der Waals surface area contributed by atoms with Crippen LogP contribution in [0.2, 0.25) is 0 Å². The lowest BCUT2D eigenvalue weighted by molar-refractivity contribution is 0.332. The van der Waals surface area contributed by atoms with Crippen LogP contribution in [0, 0.1) is 0 Å². The van der Waals surface area contributed by atoms with Crippen LogP contribution < -0.4 is 0 Å². The normalized spacial score (nSPS) is 18.9. The molecule has 0 bridgehead atoms. The van der Waals surface area contributed by atoms with Crippen LogP contribution in [0.4, 0.5) is 0 Å². The van der Waals surface area contributed by atoms with Crippen LogP contribution in [0.1, 0.15) is 70.9 Å². The van der Waals surface area contributed by atoms with Gasteiger partial charge in [0.1, 0.15) is 0 Å². The summed E-state index contributed by atoms with van der Waals surface area (Å²) in [4.78, 5) is 0. The second-order valence-corrected chi connectivity index (χ2v) is 13.7. The molecule has 0 saturated carbocycles. The average Bonchev–Trinajstić information content (AvgIpc) is 3.69. The molecule has 0 saturated heterocycles. The first-order chi connectivity index (χ1) is 26.0. The van der Waals surface area contributed by atoms with E-state index in [1.807, 2.05) is 69.8 Å². The molecule has 1 aliphatic rings. The number of hydrogen-bond acceptors (Lipinski definition) is 0. The van der Waals surface area contributed by atoms with Crippen LogP contribution in [-0.4, -0.2) is 9.13 Å². The monoisotopic (exact) mass is 592 g/mol. The van der Waals surface area contributed by atoms with Gasteiger partial charge in [-0.25, -0.2) is 0 Å². The van der Waals surface area contributed by atoms with Crippen molar-refractivity contribution in [2.24, 2.45) is 0 Å². The van der Waals surface area contributed by atoms with Crippen LogP contribution in [0.25, 0.3) is 60.1 Å². The van der Waals surface area contributed by atoms with Crippen LogP contribution >= 0.6 is 0 Å². The minimum Gasteiger partial charge on any atom is -0.334 e. The maximum absolute atomic E-state index is 10.2. The van der Waals surface area contributed by atoms with Crippen molar-refractivity contribution in [3.63, 3.8) is 0 Å². The Morgan fingerprint density at radius 2 is 1.16 bits per heavy atom. The van der Waals surface area contributed by atoms with Crippen molar-refractivity contribution < 1.29 is 13.7 Å². The van der Waals surface area contributed by atoms with E-state index in [4.69, 9.17) is 5.48 Å². The number of benzene rings is 6. The van der Waals surface area contributed by atoms with Gasteiger partial charge in [0.25, 0.3) is 0 Å². The van der Waals surface area contributed by atoms with Crippen molar-refractivity contribution in [3.8, 4) is 5.69 Å². The van der Waals surface area contributed by atoms with Crippen molar-refractivity contribution in [3.05, 3.63) is 138 Å². The molecule has 0 fully saturated rings. The molecule has 2 heterocycles. The van der Waals surface area contributed by atoms with Gasteiger partial charge in [0.05, 0.1) is 30.3 Å². The van der Waals surface area contributed by atoms with E-state index in [9.17, 15) is 8.22 Å². The van der Waals surface area contributed by atoms with Gasteiger partial charge in [-0.05, 0) is 81.4 Å². The molecule has 2 heteroatoms. The quantitative estimate of drug-likeness (QED) is 0.193. The molecule has 220 valence electrons. The zero-order chi connectivity index (χ0) is 39.2. The molecule has 0 spiro atoms. The maximum atomic E-state index is 10.2. The predicted octanol–water partition coefficient (Wildman–Crippen LogP) is 11.4. The molecule has 2 aromatic heterocycles. The van der Waals surface area contributed by atoms with Gasteiger partial charge >= 0.3 is 0 Å². The topological polar surface area (TPSA) is 9.86 Å². The summed E-state index contributed by atoms with van der Waals surface area (Å²) in [5, 5.41) is 1.49. The highest BCUT2D eigenvalue weighted by Crippen LogP contribution is 2.51. The first kappa shape index (κ1) is 18.2. The molecule has 0 radical (unpaired) electrons.